The molecule has 19 nitrogen and oxygen atoms in total. The number of anilines is 2. The largest absolute Gasteiger partial charge is 0.506 e. The van der Waals surface area contributed by atoms with E-state index in [2.05, 4.69) is 304 Å². The molecule has 2 amide bonds. The first-order valence-corrected chi connectivity index (χ1v) is 49.0. The molecule has 10 heterocycles. The molecule has 0 unspecified atom stereocenters. The lowest BCUT2D eigenvalue weighted by Crippen LogP contribution is -2.40. The van der Waals surface area contributed by atoms with E-state index in [-0.39, 0.29) is 56.5 Å². The lowest BCUT2D eigenvalue weighted by molar-refractivity contribution is -0.123. The van der Waals surface area contributed by atoms with Crippen LogP contribution in [0.1, 0.15) is 346 Å². The third kappa shape index (κ3) is 23.3. The number of benzene rings is 7. The third-order valence-corrected chi connectivity index (χ3v) is 26.8. The van der Waals surface area contributed by atoms with Crippen molar-refractivity contribution in [3.05, 3.63) is 338 Å². The minimum Gasteiger partial charge on any atom is -0.506 e. The Morgan fingerprint density at radius 3 is 1.35 bits per heavy atom. The lowest BCUT2D eigenvalue weighted by atomic mass is 9.65. The summed E-state index contributed by atoms with van der Waals surface area (Å²) in [4.78, 5) is 93.6. The van der Waals surface area contributed by atoms with Crippen molar-refractivity contribution in [2.45, 2.75) is 286 Å². The maximum Gasteiger partial charge on any atom is 0.272 e. The van der Waals surface area contributed by atoms with Gasteiger partial charge in [0.25, 0.3) is 11.1 Å². The summed E-state index contributed by atoms with van der Waals surface area (Å²) in [6.45, 7) is 47.0. The summed E-state index contributed by atoms with van der Waals surface area (Å²) in [6.07, 6.45) is 14.1. The summed E-state index contributed by atoms with van der Waals surface area (Å²) in [7, 11) is 0. The molecule has 2 saturated carbocycles. The average Bonchev–Trinajstić information content (AvgIpc) is 1.55. The van der Waals surface area contributed by atoms with Crippen molar-refractivity contribution in [2.24, 2.45) is 0 Å². The highest BCUT2D eigenvalue weighted by Gasteiger charge is 2.56. The second-order valence-corrected chi connectivity index (χ2v) is 40.5. The van der Waals surface area contributed by atoms with Crippen molar-refractivity contribution in [1.29, 1.82) is 0 Å². The Morgan fingerprint density at radius 2 is 0.816 bits per heavy atom. The van der Waals surface area contributed by atoms with E-state index < -0.39 is 0 Å². The number of aromatic amines is 5. The molecule has 8 N–H and O–H groups in total. The smallest absolute Gasteiger partial charge is 0.272 e. The van der Waals surface area contributed by atoms with Crippen LogP contribution >= 0.6 is 0 Å². The molecule has 2 aliphatic heterocycles. The number of carbonyl (C=O) groups is 2. The van der Waals surface area contributed by atoms with Gasteiger partial charge < -0.3 is 30.7 Å². The van der Waals surface area contributed by atoms with Crippen molar-refractivity contribution in [3.63, 3.8) is 0 Å². The number of hydrogen-bond donors (Lipinski definition) is 8. The zero-order valence-corrected chi connectivity index (χ0v) is 83.6. The maximum atomic E-state index is 12.0. The zero-order valence-electron chi connectivity index (χ0n) is 83.6. The number of rotatable bonds is 14. The monoisotopic (exact) mass is 1820 g/mol. The highest BCUT2D eigenvalue weighted by molar-refractivity contribution is 6.09. The van der Waals surface area contributed by atoms with E-state index >= 15 is 0 Å². The Bertz CT molecular complexity index is 6920. The standard InChI is InChI=1S/C17H20N2O.C17H16N2O.C15H19NO.C14H18N2O.C14H17NO.C14H15NO.C13H18N2.C13H15NO/c2*1-11(2)16-10-15(17(20)19-18-16)14-8-7-12-5-3-4-6-13(12)9-14;1-9(2)11-5-6-14-13(7-11)12(10(3)4)8-15(17)16-14;1-8(2)10-7-13(17)15-12-6-5-11(9(3)4)16-14(10)12;1-9(2)10-4-5-12-11(8-10)14(6-3-7-14)13(16)15-12;1-10(2)12-8-9-13(16)14(15-12)11-6-4-3-5-7-11;1-8(2)11-6-14-13-7-15-12(9(3)4)5-10(11)13;1-8(2)9-3-4-11-10(7-9)13(5-6-13)12(15)14-11/h7-11H,3-6H2,1-2H3,(H,19,20);3-11H,1-2H3,(H,19,20);5-10H,1-4H3,(H,16,17);5-9H,1-4H3,(H,15,17);4-5,8-9H,3,6-7H2,1-2H3,(H,15,16);3-10,16H,1-2H3;5-9,14H,1-4H3;3-4,7-8H,5-6H2,1-2H3,(H,14,15). The fourth-order valence-corrected chi connectivity index (χ4v) is 17.9. The van der Waals surface area contributed by atoms with E-state index in [0.29, 0.717) is 70.4 Å². The van der Waals surface area contributed by atoms with Gasteiger partial charge in [0.15, 0.2) is 0 Å². The van der Waals surface area contributed by atoms with Crippen LogP contribution < -0.4 is 32.9 Å². The first-order chi connectivity index (χ1) is 64.8. The summed E-state index contributed by atoms with van der Waals surface area (Å²) in [6, 6.07) is 66.4. The third-order valence-electron chi connectivity index (χ3n) is 26.8. The van der Waals surface area contributed by atoms with Crippen LogP contribution in [-0.2, 0) is 33.3 Å². The molecule has 5 aliphatic rings. The van der Waals surface area contributed by atoms with Gasteiger partial charge in [-0.3, -0.25) is 38.7 Å². The normalized spacial score (nSPS) is 13.9. The maximum absolute atomic E-state index is 12.0. The Kier molecular flexibility index (Phi) is 32.1. The second kappa shape index (κ2) is 43.6. The van der Waals surface area contributed by atoms with Gasteiger partial charge in [-0.05, 0) is 267 Å². The highest BCUT2D eigenvalue weighted by Crippen LogP contribution is 2.56. The van der Waals surface area contributed by atoms with Crippen molar-refractivity contribution in [1.82, 2.24) is 50.3 Å². The number of fused-ring (bicyclic) bond motifs is 9. The average molecular weight is 1820 g/mol. The van der Waals surface area contributed by atoms with Gasteiger partial charge >= 0.3 is 0 Å². The molecule has 7 aromatic carbocycles. The van der Waals surface area contributed by atoms with Gasteiger partial charge in [-0.15, -0.1) is 0 Å². The number of aryl methyl sites for hydroxylation is 2. The molecular formula is C117H138N12O7. The lowest BCUT2D eigenvalue weighted by Gasteiger charge is -2.36. The van der Waals surface area contributed by atoms with Gasteiger partial charge in [0, 0.05) is 68.6 Å². The number of hydrogen-bond acceptors (Lipinski definition) is 12. The van der Waals surface area contributed by atoms with Crippen LogP contribution in [-0.4, -0.2) is 67.2 Å². The van der Waals surface area contributed by atoms with Crippen LogP contribution in [0.25, 0.3) is 77.1 Å². The van der Waals surface area contributed by atoms with Crippen LogP contribution in [0.5, 0.6) is 5.75 Å². The van der Waals surface area contributed by atoms with Gasteiger partial charge in [0.1, 0.15) is 11.4 Å². The fourth-order valence-electron chi connectivity index (χ4n) is 17.9. The number of nitrogens with one attached hydrogen (secondary N) is 7. The summed E-state index contributed by atoms with van der Waals surface area (Å²) < 4.78 is 0. The van der Waals surface area contributed by atoms with Crippen molar-refractivity contribution in [3.8, 4) is 39.3 Å². The van der Waals surface area contributed by atoms with Crippen LogP contribution in [0, 0.1) is 0 Å². The summed E-state index contributed by atoms with van der Waals surface area (Å²) >= 11 is 0. The highest BCUT2D eigenvalue weighted by atomic mass is 16.3. The van der Waals surface area contributed by atoms with E-state index in [0.717, 1.165) is 127 Å². The number of nitrogens with zero attached hydrogens (tertiary/aromatic N) is 5. The number of pyridine rings is 5. The molecule has 136 heavy (non-hydrogen) atoms. The van der Waals surface area contributed by atoms with E-state index in [4.69, 9.17) is 0 Å². The molecule has 0 saturated heterocycles. The Morgan fingerprint density at radius 1 is 0.346 bits per heavy atom. The molecule has 3 aliphatic carbocycles. The quantitative estimate of drug-likeness (QED) is 0.0504. The topological polar surface area (TPSA) is 290 Å². The number of amides is 2. The second-order valence-electron chi connectivity index (χ2n) is 40.5. The fraction of sp³-hybridized carbons (Fsp3) is 0.376. The first kappa shape index (κ1) is 100. The SMILES string of the molecule is CC(C)c1cc(-c2ccc3c(c2)CCCC3)c(=O)[nH]n1.CC(C)c1cc(-c2ccc3ccccc3c2)c(=O)[nH]n1.CC(C)c1cc2c(C(C)C)c[nH]c2cn1.CC(C)c1ccc(O)c(-c2ccccc2)n1.CC(C)c1ccc2[nH]c(=O)cc(C(C)C)c2c1.CC(C)c1ccc2[nH]c(=O)cc(C(C)C)c2n1.CC(C)c1ccc2c(c1)C1(CC1)C(=O)N2.CC(C)c1ccc2c(c1)C1(CCC1)C(=O)N2. The molecular weight excluding hydrogens is 1690 g/mol. The molecule has 708 valence electrons. The Labute approximate surface area is 801 Å². The van der Waals surface area contributed by atoms with E-state index in [1.807, 2.05) is 103 Å². The molecule has 15 aromatic rings. The van der Waals surface area contributed by atoms with Crippen LogP contribution in [0.4, 0.5) is 11.4 Å². The Balaban J connectivity index is 0.000000132. The number of aromatic hydroxyl groups is 1. The number of aromatic nitrogens is 10. The molecule has 19 heteroatoms. The van der Waals surface area contributed by atoms with Gasteiger partial charge in [-0.1, -0.05) is 274 Å². The molecule has 20 rings (SSSR count). The minimum atomic E-state index is -0.166. The van der Waals surface area contributed by atoms with Crippen LogP contribution in [0.2, 0.25) is 0 Å². The van der Waals surface area contributed by atoms with E-state index in [1.54, 1.807) is 18.2 Å². The van der Waals surface area contributed by atoms with Crippen molar-refractivity contribution < 1.29 is 14.7 Å². The minimum absolute atomic E-state index is 0.0153. The van der Waals surface area contributed by atoms with E-state index in [1.165, 1.54) is 92.0 Å². The summed E-state index contributed by atoms with van der Waals surface area (Å²) in [5.74, 6) is 5.28. The van der Waals surface area contributed by atoms with Crippen LogP contribution in [0.3, 0.4) is 0 Å². The van der Waals surface area contributed by atoms with Gasteiger partial charge in [-0.2, -0.15) is 10.2 Å². The molecule has 2 fully saturated rings. The molecule has 0 atom stereocenters. The van der Waals surface area contributed by atoms with Crippen molar-refractivity contribution in [2.75, 3.05) is 10.6 Å². The first-order valence-electron chi connectivity index (χ1n) is 49.0. The number of carbonyl (C=O) groups excluding carboxylic acids is 2. The predicted molar refractivity (Wildman–Crippen MR) is 561 cm³/mol. The molecule has 0 radical (unpaired) electrons. The van der Waals surface area contributed by atoms with Gasteiger partial charge in [-0.25, -0.2) is 15.2 Å². The molecule has 0 bridgehead atoms. The number of H-pyrrole nitrogens is 5. The van der Waals surface area contributed by atoms with Gasteiger partial charge in [0.05, 0.1) is 56.1 Å². The molecule has 8 aromatic heterocycles. The predicted octanol–water partition coefficient (Wildman–Crippen LogP) is 27.5. The van der Waals surface area contributed by atoms with Crippen molar-refractivity contribution >= 4 is 66.8 Å². The van der Waals surface area contributed by atoms with Crippen LogP contribution in [0.15, 0.2) is 232 Å². The Hall–Kier alpha value is -13.3. The van der Waals surface area contributed by atoms with Gasteiger partial charge in [0.2, 0.25) is 22.9 Å². The summed E-state index contributed by atoms with van der Waals surface area (Å²) in [5.41, 5.74) is 28.1. The zero-order chi connectivity index (χ0) is 97.9. The van der Waals surface area contributed by atoms with E-state index in [9.17, 15) is 33.9 Å². The molecule has 2 spiro atoms. The summed E-state index contributed by atoms with van der Waals surface area (Å²) in [5, 5.41) is 34.0.